The van der Waals surface area contributed by atoms with Crippen LogP contribution in [-0.2, 0) is 0 Å². The van der Waals surface area contributed by atoms with Gasteiger partial charge in [-0.2, -0.15) is 5.10 Å². The van der Waals surface area contributed by atoms with Gasteiger partial charge in [0, 0.05) is 18.3 Å². The lowest BCUT2D eigenvalue weighted by molar-refractivity contribution is 0.0690. The van der Waals surface area contributed by atoms with E-state index in [2.05, 4.69) is 10.1 Å². The highest BCUT2D eigenvalue weighted by atomic mass is 16.5. The van der Waals surface area contributed by atoms with Crippen molar-refractivity contribution in [3.63, 3.8) is 0 Å². The number of carbonyl (C=O) groups is 1. The molecule has 0 atom stereocenters. The number of carboxylic acids is 1. The Hall–Kier alpha value is -2.37. The van der Waals surface area contributed by atoms with Gasteiger partial charge in [0.2, 0.25) is 0 Å². The molecule has 0 saturated heterocycles. The maximum atomic E-state index is 10.8. The van der Waals surface area contributed by atoms with Crippen LogP contribution >= 0.6 is 0 Å². The summed E-state index contributed by atoms with van der Waals surface area (Å²) in [6, 6.07) is 3.21. The molecular formula is C12H13N3O3. The highest BCUT2D eigenvalue weighted by molar-refractivity contribution is 5.85. The van der Waals surface area contributed by atoms with Crippen molar-refractivity contribution in [2.45, 2.75) is 19.9 Å². The van der Waals surface area contributed by atoms with E-state index in [4.69, 9.17) is 9.84 Å². The molecule has 6 heteroatoms. The molecule has 0 saturated carbocycles. The molecule has 0 fully saturated rings. The summed E-state index contributed by atoms with van der Waals surface area (Å²) < 4.78 is 7.27. The monoisotopic (exact) mass is 247 g/mol. The Bertz CT molecular complexity index is 563. The lowest BCUT2D eigenvalue weighted by Crippen LogP contribution is -2.00. The van der Waals surface area contributed by atoms with Gasteiger partial charge < -0.3 is 9.84 Å². The van der Waals surface area contributed by atoms with Gasteiger partial charge in [-0.05, 0) is 19.9 Å². The second-order valence-corrected chi connectivity index (χ2v) is 4.03. The first kappa shape index (κ1) is 12.1. The molecular weight excluding hydrogens is 234 g/mol. The van der Waals surface area contributed by atoms with E-state index in [9.17, 15) is 4.79 Å². The highest BCUT2D eigenvalue weighted by Gasteiger charge is 2.08. The van der Waals surface area contributed by atoms with Crippen LogP contribution in [-0.4, -0.2) is 25.8 Å². The molecule has 0 aliphatic heterocycles. The minimum atomic E-state index is -1.08. The van der Waals surface area contributed by atoms with Crippen molar-refractivity contribution in [1.29, 1.82) is 0 Å². The minimum Gasteiger partial charge on any atom is -0.477 e. The first-order valence-electron chi connectivity index (χ1n) is 5.47. The number of ether oxygens (including phenoxy) is 1. The van der Waals surface area contributed by atoms with Gasteiger partial charge in [-0.1, -0.05) is 0 Å². The Morgan fingerprint density at radius 3 is 2.83 bits per heavy atom. The van der Waals surface area contributed by atoms with Crippen LogP contribution < -0.4 is 4.74 Å². The molecule has 2 aromatic heterocycles. The fraction of sp³-hybridized carbons (Fsp3) is 0.250. The Kier molecular flexibility index (Phi) is 3.27. The fourth-order valence-electron chi connectivity index (χ4n) is 1.38. The molecule has 0 aromatic carbocycles. The van der Waals surface area contributed by atoms with Crippen LogP contribution in [0.5, 0.6) is 11.5 Å². The summed E-state index contributed by atoms with van der Waals surface area (Å²) in [6.07, 6.45) is 4.73. The molecule has 0 bridgehead atoms. The van der Waals surface area contributed by atoms with Gasteiger partial charge in [-0.15, -0.1) is 0 Å². The molecule has 94 valence electrons. The highest BCUT2D eigenvalue weighted by Crippen LogP contribution is 2.21. The number of rotatable bonds is 4. The van der Waals surface area contributed by atoms with Crippen LogP contribution in [0.15, 0.2) is 30.7 Å². The normalized spacial score (nSPS) is 10.6. The van der Waals surface area contributed by atoms with E-state index in [1.165, 1.54) is 12.3 Å². The zero-order valence-corrected chi connectivity index (χ0v) is 10.1. The number of nitrogens with zero attached hydrogens (tertiary/aromatic N) is 3. The summed E-state index contributed by atoms with van der Waals surface area (Å²) in [4.78, 5) is 14.5. The van der Waals surface area contributed by atoms with Gasteiger partial charge >= 0.3 is 5.97 Å². The van der Waals surface area contributed by atoms with Gasteiger partial charge in [-0.3, -0.25) is 4.68 Å². The van der Waals surface area contributed by atoms with Gasteiger partial charge in [-0.25, -0.2) is 9.78 Å². The maximum Gasteiger partial charge on any atom is 0.354 e. The maximum absolute atomic E-state index is 10.8. The smallest absolute Gasteiger partial charge is 0.354 e. The zero-order valence-electron chi connectivity index (χ0n) is 10.1. The van der Waals surface area contributed by atoms with Crippen LogP contribution in [0.25, 0.3) is 0 Å². The standard InChI is InChI=1S/C12H13N3O3/c1-8(2)15-7-10(6-14-15)18-9-3-4-13-11(5-9)12(16)17/h3-8H,1-2H3,(H,16,17). The van der Waals surface area contributed by atoms with E-state index in [0.717, 1.165) is 0 Å². The van der Waals surface area contributed by atoms with Crippen molar-refractivity contribution in [2.24, 2.45) is 0 Å². The second kappa shape index (κ2) is 4.87. The topological polar surface area (TPSA) is 77.2 Å². The first-order chi connectivity index (χ1) is 8.56. The quantitative estimate of drug-likeness (QED) is 0.897. The molecule has 2 aromatic rings. The van der Waals surface area contributed by atoms with Crippen molar-refractivity contribution in [1.82, 2.24) is 14.8 Å². The molecule has 6 nitrogen and oxygen atoms in total. The van der Waals surface area contributed by atoms with E-state index in [1.54, 1.807) is 23.1 Å². The van der Waals surface area contributed by atoms with Crippen LogP contribution in [0.2, 0.25) is 0 Å². The molecule has 0 amide bonds. The molecule has 18 heavy (non-hydrogen) atoms. The SMILES string of the molecule is CC(C)n1cc(Oc2ccnc(C(=O)O)c2)cn1. The van der Waals surface area contributed by atoms with Crippen molar-refractivity contribution in [3.8, 4) is 11.5 Å². The molecule has 1 N–H and O–H groups in total. The third kappa shape index (κ3) is 2.65. The van der Waals surface area contributed by atoms with E-state index in [0.29, 0.717) is 11.5 Å². The molecule has 0 unspecified atom stereocenters. The Morgan fingerprint density at radius 2 is 2.22 bits per heavy atom. The predicted molar refractivity (Wildman–Crippen MR) is 63.9 cm³/mol. The second-order valence-electron chi connectivity index (χ2n) is 4.03. The van der Waals surface area contributed by atoms with E-state index >= 15 is 0 Å². The van der Waals surface area contributed by atoms with Crippen LogP contribution in [0.3, 0.4) is 0 Å². The largest absolute Gasteiger partial charge is 0.477 e. The number of carboxylic acid groups (broad SMARTS) is 1. The van der Waals surface area contributed by atoms with E-state index < -0.39 is 5.97 Å². The van der Waals surface area contributed by atoms with Crippen molar-refractivity contribution < 1.29 is 14.6 Å². The summed E-state index contributed by atoms with van der Waals surface area (Å²) in [6.45, 7) is 4.01. The Labute approximate surface area is 104 Å². The summed E-state index contributed by atoms with van der Waals surface area (Å²) in [5.41, 5.74) is -0.0521. The average molecular weight is 247 g/mol. The number of pyridine rings is 1. The van der Waals surface area contributed by atoms with Gasteiger partial charge in [0.25, 0.3) is 0 Å². The van der Waals surface area contributed by atoms with Crippen molar-refractivity contribution in [2.75, 3.05) is 0 Å². The Balaban J connectivity index is 2.17. The number of hydrogen-bond acceptors (Lipinski definition) is 4. The molecule has 0 radical (unpaired) electrons. The lowest BCUT2D eigenvalue weighted by Gasteiger charge is -2.04. The van der Waals surface area contributed by atoms with Crippen LogP contribution in [0, 0.1) is 0 Å². The van der Waals surface area contributed by atoms with Crippen molar-refractivity contribution >= 4 is 5.97 Å². The van der Waals surface area contributed by atoms with E-state index in [1.807, 2.05) is 13.8 Å². The lowest BCUT2D eigenvalue weighted by atomic mass is 10.3. The third-order valence-electron chi connectivity index (χ3n) is 2.29. The van der Waals surface area contributed by atoms with Gasteiger partial charge in [0.15, 0.2) is 11.4 Å². The average Bonchev–Trinajstić information content (AvgIpc) is 2.78. The van der Waals surface area contributed by atoms with Crippen LogP contribution in [0.4, 0.5) is 0 Å². The van der Waals surface area contributed by atoms with Gasteiger partial charge in [0.1, 0.15) is 5.75 Å². The summed E-state index contributed by atoms with van der Waals surface area (Å²) in [7, 11) is 0. The summed E-state index contributed by atoms with van der Waals surface area (Å²) in [5, 5.41) is 12.9. The number of aromatic carboxylic acids is 1. The molecule has 0 aliphatic carbocycles. The molecule has 0 aliphatic rings. The fourth-order valence-corrected chi connectivity index (χ4v) is 1.38. The third-order valence-corrected chi connectivity index (χ3v) is 2.29. The predicted octanol–water partition coefficient (Wildman–Crippen LogP) is 2.35. The minimum absolute atomic E-state index is 0.0521. The van der Waals surface area contributed by atoms with E-state index in [-0.39, 0.29) is 11.7 Å². The number of hydrogen-bond donors (Lipinski definition) is 1. The van der Waals surface area contributed by atoms with Crippen LogP contribution in [0.1, 0.15) is 30.4 Å². The Morgan fingerprint density at radius 1 is 1.44 bits per heavy atom. The summed E-state index contributed by atoms with van der Waals surface area (Å²) >= 11 is 0. The summed E-state index contributed by atoms with van der Waals surface area (Å²) in [5.74, 6) is -0.102. The van der Waals surface area contributed by atoms with Crippen molar-refractivity contribution in [3.05, 3.63) is 36.4 Å². The molecule has 0 spiro atoms. The first-order valence-corrected chi connectivity index (χ1v) is 5.47. The number of aromatic nitrogens is 3. The van der Waals surface area contributed by atoms with Gasteiger partial charge in [0.05, 0.1) is 12.4 Å². The molecule has 2 rings (SSSR count). The zero-order chi connectivity index (χ0) is 13.1. The molecule has 2 heterocycles.